The van der Waals surface area contributed by atoms with Crippen LogP contribution in [0.3, 0.4) is 0 Å². The van der Waals surface area contributed by atoms with E-state index in [2.05, 4.69) is 5.10 Å². The molecule has 0 bridgehead atoms. The standard InChI is InChI=1S/C26H23N3O6/c1-34-21-13-11-19(12-14-21)24-16-22(18-7-3-2-4-8-18)27-28(24)25(30)17-35-26(31)15-20-9-5-6-10-23(20)29(32)33/h2-14,24H,15-17H2,1H3. The topological polar surface area (TPSA) is 111 Å². The minimum atomic E-state index is -0.736. The van der Waals surface area contributed by atoms with Crippen molar-refractivity contribution in [3.8, 4) is 5.75 Å². The summed E-state index contributed by atoms with van der Waals surface area (Å²) in [6, 6.07) is 22.4. The van der Waals surface area contributed by atoms with Crippen LogP contribution in [0.1, 0.15) is 29.2 Å². The molecular formula is C26H23N3O6. The highest BCUT2D eigenvalue weighted by molar-refractivity contribution is 6.03. The summed E-state index contributed by atoms with van der Waals surface area (Å²) in [5.74, 6) is -0.537. The van der Waals surface area contributed by atoms with Gasteiger partial charge >= 0.3 is 5.97 Å². The second-order valence-corrected chi connectivity index (χ2v) is 7.87. The van der Waals surface area contributed by atoms with E-state index in [1.165, 1.54) is 23.2 Å². The van der Waals surface area contributed by atoms with E-state index in [4.69, 9.17) is 9.47 Å². The smallest absolute Gasteiger partial charge is 0.311 e. The molecule has 178 valence electrons. The number of nitrogens with zero attached hydrogens (tertiary/aromatic N) is 3. The number of amides is 1. The number of rotatable bonds is 8. The number of hydrogen-bond donors (Lipinski definition) is 0. The Morgan fingerprint density at radius 3 is 2.40 bits per heavy atom. The number of nitro benzene ring substituents is 1. The molecular weight excluding hydrogens is 450 g/mol. The van der Waals surface area contributed by atoms with Gasteiger partial charge in [0.1, 0.15) is 5.75 Å². The predicted octanol–water partition coefficient (Wildman–Crippen LogP) is 4.07. The monoisotopic (exact) mass is 473 g/mol. The lowest BCUT2D eigenvalue weighted by Crippen LogP contribution is -2.31. The second-order valence-electron chi connectivity index (χ2n) is 7.87. The quantitative estimate of drug-likeness (QED) is 0.277. The largest absolute Gasteiger partial charge is 0.497 e. The van der Waals surface area contributed by atoms with Gasteiger partial charge in [0.05, 0.1) is 30.2 Å². The predicted molar refractivity (Wildman–Crippen MR) is 128 cm³/mol. The molecule has 9 heteroatoms. The second kappa shape index (κ2) is 10.6. The molecule has 0 aliphatic carbocycles. The van der Waals surface area contributed by atoms with Gasteiger partial charge in [-0.2, -0.15) is 5.10 Å². The zero-order valence-electron chi connectivity index (χ0n) is 19.0. The van der Waals surface area contributed by atoms with Gasteiger partial charge in [-0.1, -0.05) is 60.7 Å². The van der Waals surface area contributed by atoms with Crippen LogP contribution in [0.2, 0.25) is 0 Å². The molecule has 35 heavy (non-hydrogen) atoms. The maximum absolute atomic E-state index is 13.1. The third kappa shape index (κ3) is 5.52. The van der Waals surface area contributed by atoms with Crippen LogP contribution in [-0.2, 0) is 20.7 Å². The van der Waals surface area contributed by atoms with Gasteiger partial charge in [-0.25, -0.2) is 5.01 Å². The van der Waals surface area contributed by atoms with E-state index in [0.29, 0.717) is 12.2 Å². The molecule has 0 aromatic heterocycles. The van der Waals surface area contributed by atoms with Crippen molar-refractivity contribution in [3.05, 3.63) is 106 Å². The minimum absolute atomic E-state index is 0.174. The van der Waals surface area contributed by atoms with Crippen molar-refractivity contribution in [1.29, 1.82) is 0 Å². The summed E-state index contributed by atoms with van der Waals surface area (Å²) in [7, 11) is 1.58. The van der Waals surface area contributed by atoms with Crippen LogP contribution < -0.4 is 4.74 Å². The SMILES string of the molecule is COc1ccc(C2CC(c3ccccc3)=NN2C(=O)COC(=O)Cc2ccccc2[N+](=O)[O-])cc1. The number of carbonyl (C=O) groups excluding carboxylic acids is 2. The van der Waals surface area contributed by atoms with Gasteiger partial charge in [-0.3, -0.25) is 19.7 Å². The number of carbonyl (C=O) groups is 2. The first kappa shape index (κ1) is 23.6. The normalized spacial score (nSPS) is 14.8. The molecule has 1 amide bonds. The summed E-state index contributed by atoms with van der Waals surface area (Å²) in [6.07, 6.45) is 0.178. The van der Waals surface area contributed by atoms with Crippen LogP contribution in [-0.4, -0.2) is 41.2 Å². The zero-order chi connectivity index (χ0) is 24.8. The summed E-state index contributed by atoms with van der Waals surface area (Å²) in [5.41, 5.74) is 2.55. The van der Waals surface area contributed by atoms with E-state index < -0.39 is 23.4 Å². The molecule has 4 rings (SSSR count). The fraction of sp³-hybridized carbons (Fsp3) is 0.192. The van der Waals surface area contributed by atoms with E-state index in [9.17, 15) is 19.7 Å². The first-order valence-corrected chi connectivity index (χ1v) is 10.9. The molecule has 9 nitrogen and oxygen atoms in total. The van der Waals surface area contributed by atoms with Gasteiger partial charge in [-0.05, 0) is 23.3 Å². The molecule has 1 heterocycles. The summed E-state index contributed by atoms with van der Waals surface area (Å²) >= 11 is 0. The Labute approximate surface area is 201 Å². The van der Waals surface area contributed by atoms with Crippen molar-refractivity contribution in [2.24, 2.45) is 5.10 Å². The van der Waals surface area contributed by atoms with E-state index in [1.807, 2.05) is 54.6 Å². The highest BCUT2D eigenvalue weighted by Gasteiger charge is 2.33. The molecule has 1 aliphatic heterocycles. The number of ether oxygens (including phenoxy) is 2. The van der Waals surface area contributed by atoms with Crippen molar-refractivity contribution >= 4 is 23.3 Å². The number of hydrazone groups is 1. The molecule has 1 unspecified atom stereocenters. The van der Waals surface area contributed by atoms with Gasteiger partial charge in [0.25, 0.3) is 11.6 Å². The Bertz CT molecular complexity index is 1260. The molecule has 3 aromatic carbocycles. The molecule has 0 radical (unpaired) electrons. The van der Waals surface area contributed by atoms with Crippen molar-refractivity contribution in [3.63, 3.8) is 0 Å². The molecule has 1 atom stereocenters. The first-order chi connectivity index (χ1) is 17.0. The third-order valence-electron chi connectivity index (χ3n) is 5.65. The minimum Gasteiger partial charge on any atom is -0.497 e. The lowest BCUT2D eigenvalue weighted by molar-refractivity contribution is -0.385. The summed E-state index contributed by atoms with van der Waals surface area (Å²) in [4.78, 5) is 36.0. The van der Waals surface area contributed by atoms with E-state index >= 15 is 0 Å². The number of hydrogen-bond acceptors (Lipinski definition) is 7. The van der Waals surface area contributed by atoms with E-state index in [1.54, 1.807) is 13.2 Å². The Morgan fingerprint density at radius 2 is 1.71 bits per heavy atom. The maximum atomic E-state index is 13.1. The van der Waals surface area contributed by atoms with Crippen LogP contribution in [0.15, 0.2) is 84.0 Å². The van der Waals surface area contributed by atoms with Crippen molar-refractivity contribution in [2.45, 2.75) is 18.9 Å². The van der Waals surface area contributed by atoms with Gasteiger partial charge in [-0.15, -0.1) is 0 Å². The molecule has 0 saturated heterocycles. The molecule has 1 aliphatic rings. The number of para-hydroxylation sites is 1. The highest BCUT2D eigenvalue weighted by Crippen LogP contribution is 2.33. The fourth-order valence-electron chi connectivity index (χ4n) is 3.88. The summed E-state index contributed by atoms with van der Waals surface area (Å²) in [6.45, 7) is -0.530. The molecule has 3 aromatic rings. The number of benzene rings is 3. The van der Waals surface area contributed by atoms with E-state index in [-0.39, 0.29) is 23.7 Å². The first-order valence-electron chi connectivity index (χ1n) is 10.9. The fourth-order valence-corrected chi connectivity index (χ4v) is 3.88. The molecule has 0 N–H and O–H groups in total. The van der Waals surface area contributed by atoms with Gasteiger partial charge in [0.2, 0.25) is 0 Å². The Kier molecular flexibility index (Phi) is 7.15. The average Bonchev–Trinajstić information content (AvgIpc) is 3.34. The lowest BCUT2D eigenvalue weighted by Gasteiger charge is -2.22. The van der Waals surface area contributed by atoms with Crippen molar-refractivity contribution < 1.29 is 24.0 Å². The third-order valence-corrected chi connectivity index (χ3v) is 5.65. The van der Waals surface area contributed by atoms with Crippen LogP contribution in [0, 0.1) is 10.1 Å². The Morgan fingerprint density at radius 1 is 1.03 bits per heavy atom. The Hall–Kier alpha value is -4.53. The molecule has 0 spiro atoms. The molecule has 0 saturated carbocycles. The number of nitro groups is 1. The summed E-state index contributed by atoms with van der Waals surface area (Å²) in [5, 5.41) is 17.1. The van der Waals surface area contributed by atoms with Crippen LogP contribution in [0.4, 0.5) is 5.69 Å². The Balaban J connectivity index is 1.49. The van der Waals surface area contributed by atoms with Crippen LogP contribution >= 0.6 is 0 Å². The number of methoxy groups -OCH3 is 1. The van der Waals surface area contributed by atoms with Gasteiger partial charge in [0, 0.05) is 18.1 Å². The highest BCUT2D eigenvalue weighted by atomic mass is 16.6. The summed E-state index contributed by atoms with van der Waals surface area (Å²) < 4.78 is 10.4. The lowest BCUT2D eigenvalue weighted by atomic mass is 9.98. The zero-order valence-corrected chi connectivity index (χ0v) is 19.0. The average molecular weight is 473 g/mol. The maximum Gasteiger partial charge on any atom is 0.311 e. The van der Waals surface area contributed by atoms with Gasteiger partial charge < -0.3 is 9.47 Å². The van der Waals surface area contributed by atoms with E-state index in [0.717, 1.165) is 16.8 Å². The van der Waals surface area contributed by atoms with Crippen molar-refractivity contribution in [2.75, 3.05) is 13.7 Å². The molecule has 0 fully saturated rings. The van der Waals surface area contributed by atoms with Gasteiger partial charge in [0.15, 0.2) is 6.61 Å². The number of esters is 1. The van der Waals surface area contributed by atoms with Crippen molar-refractivity contribution in [1.82, 2.24) is 5.01 Å². The van der Waals surface area contributed by atoms with Crippen LogP contribution in [0.5, 0.6) is 5.75 Å². The van der Waals surface area contributed by atoms with Crippen LogP contribution in [0.25, 0.3) is 0 Å².